The van der Waals surface area contributed by atoms with Gasteiger partial charge in [0.25, 0.3) is 11.5 Å². The van der Waals surface area contributed by atoms with Gasteiger partial charge in [0.15, 0.2) is 11.2 Å². The number of nitrogens with one attached hydrogen (secondary N) is 3. The van der Waals surface area contributed by atoms with Crippen molar-refractivity contribution in [3.63, 3.8) is 0 Å². The number of H-pyrrole nitrogens is 1. The zero-order valence-corrected chi connectivity index (χ0v) is 19.5. The van der Waals surface area contributed by atoms with Gasteiger partial charge in [0, 0.05) is 17.7 Å². The van der Waals surface area contributed by atoms with Crippen LogP contribution in [0.3, 0.4) is 0 Å². The van der Waals surface area contributed by atoms with E-state index in [0.29, 0.717) is 11.4 Å². The number of aliphatic carboxylic acids is 2. The van der Waals surface area contributed by atoms with Crippen molar-refractivity contribution in [2.45, 2.75) is 25.4 Å². The van der Waals surface area contributed by atoms with Gasteiger partial charge in [-0.3, -0.25) is 19.4 Å². The third-order valence-electron chi connectivity index (χ3n) is 4.36. The standard InChI is InChI=1S/C19H19N7O6.Na.H/c20-19-25-15-14(17(30)26-19)23-11(8-22-15)7-21-10-3-1-9(2-4-10)16(29)24-12(18(31)32)5-6-13(27)28;;/h1-4,8,12,21H,5-7H2,(H,24,29)(H,27,28)(H,31,32)(H3,20,22,25,26,30);;/q;+1;-1. The first-order chi connectivity index (χ1) is 15.2. The first kappa shape index (κ1) is 25.7. The molecular weight excluding hydrogens is 445 g/mol. The van der Waals surface area contributed by atoms with Gasteiger partial charge in [-0.15, -0.1) is 0 Å². The smallest absolute Gasteiger partial charge is 1.00 e. The number of benzene rings is 1. The Labute approximate surface area is 209 Å². The van der Waals surface area contributed by atoms with Gasteiger partial charge >= 0.3 is 41.5 Å². The minimum absolute atomic E-state index is 0. The molecule has 13 nitrogen and oxygen atoms in total. The molecule has 14 heteroatoms. The maximum atomic E-state index is 12.3. The van der Waals surface area contributed by atoms with E-state index in [0.717, 1.165) is 0 Å². The number of hydrogen-bond donors (Lipinski definition) is 6. The average Bonchev–Trinajstić information content (AvgIpc) is 2.75. The van der Waals surface area contributed by atoms with Crippen LogP contribution in [0.4, 0.5) is 11.6 Å². The van der Waals surface area contributed by atoms with Crippen LogP contribution in [-0.2, 0) is 16.1 Å². The molecule has 0 aliphatic rings. The van der Waals surface area contributed by atoms with Gasteiger partial charge in [-0.1, -0.05) is 0 Å². The molecule has 1 amide bonds. The van der Waals surface area contributed by atoms with E-state index in [2.05, 4.69) is 30.6 Å². The number of nitrogen functional groups attached to an aromatic ring is 1. The molecule has 0 fully saturated rings. The Bertz CT molecular complexity index is 1240. The Balaban J connectivity index is 0.00000289. The van der Waals surface area contributed by atoms with Crippen LogP contribution in [0.2, 0.25) is 0 Å². The van der Waals surface area contributed by atoms with Gasteiger partial charge in [-0.05, 0) is 30.7 Å². The molecule has 1 unspecified atom stereocenters. The summed E-state index contributed by atoms with van der Waals surface area (Å²) < 4.78 is 0. The number of hydrogen-bond acceptors (Lipinski definition) is 9. The predicted molar refractivity (Wildman–Crippen MR) is 113 cm³/mol. The van der Waals surface area contributed by atoms with E-state index in [9.17, 15) is 19.2 Å². The van der Waals surface area contributed by atoms with Gasteiger partial charge in [-0.25, -0.2) is 14.8 Å². The third kappa shape index (κ3) is 6.97. The molecule has 3 rings (SSSR count). The minimum atomic E-state index is -1.31. The van der Waals surface area contributed by atoms with Crippen molar-refractivity contribution >= 4 is 40.6 Å². The second kappa shape index (κ2) is 11.4. The zero-order chi connectivity index (χ0) is 23.3. The summed E-state index contributed by atoms with van der Waals surface area (Å²) in [6, 6.07) is 4.86. The van der Waals surface area contributed by atoms with Gasteiger partial charge in [0.2, 0.25) is 5.95 Å². The van der Waals surface area contributed by atoms with Gasteiger partial charge in [0.1, 0.15) is 6.04 Å². The molecule has 7 N–H and O–H groups in total. The van der Waals surface area contributed by atoms with Crippen molar-refractivity contribution in [1.82, 2.24) is 25.3 Å². The van der Waals surface area contributed by atoms with E-state index in [1.54, 1.807) is 12.1 Å². The predicted octanol–water partition coefficient (Wildman–Crippen LogP) is -2.93. The fraction of sp³-hybridized carbons (Fsp3) is 0.211. The van der Waals surface area contributed by atoms with Crippen LogP contribution in [0.5, 0.6) is 0 Å². The number of anilines is 2. The second-order valence-electron chi connectivity index (χ2n) is 6.71. The van der Waals surface area contributed by atoms with Crippen molar-refractivity contribution < 1.29 is 55.6 Å². The van der Waals surface area contributed by atoms with Gasteiger partial charge in [-0.2, -0.15) is 4.98 Å². The number of carbonyl (C=O) groups is 3. The third-order valence-corrected chi connectivity index (χ3v) is 4.36. The fourth-order valence-electron chi connectivity index (χ4n) is 2.75. The average molecular weight is 465 g/mol. The van der Waals surface area contributed by atoms with Gasteiger partial charge < -0.3 is 28.0 Å². The number of amides is 1. The summed E-state index contributed by atoms with van der Waals surface area (Å²) in [5.74, 6) is -3.16. The van der Waals surface area contributed by atoms with Crippen LogP contribution in [-0.4, -0.2) is 54.0 Å². The molecule has 3 aromatic rings. The summed E-state index contributed by atoms with van der Waals surface area (Å²) >= 11 is 0. The Hall–Kier alpha value is -3.55. The largest absolute Gasteiger partial charge is 1.00 e. The molecule has 0 bridgehead atoms. The van der Waals surface area contributed by atoms with Crippen LogP contribution in [0.25, 0.3) is 11.2 Å². The molecule has 0 radical (unpaired) electrons. The van der Waals surface area contributed by atoms with E-state index < -0.39 is 29.4 Å². The van der Waals surface area contributed by atoms with Crippen LogP contribution < -0.4 is 51.5 Å². The monoisotopic (exact) mass is 465 g/mol. The number of rotatable bonds is 9. The van der Waals surface area contributed by atoms with Crippen molar-refractivity contribution in [2.24, 2.45) is 0 Å². The van der Waals surface area contributed by atoms with Crippen LogP contribution in [0.1, 0.15) is 30.3 Å². The van der Waals surface area contributed by atoms with E-state index in [1.807, 2.05) is 0 Å². The minimum Gasteiger partial charge on any atom is -1.00 e. The molecule has 1 atom stereocenters. The Morgan fingerprint density at radius 2 is 1.85 bits per heavy atom. The number of fused-ring (bicyclic) bond motifs is 1. The summed E-state index contributed by atoms with van der Waals surface area (Å²) in [4.78, 5) is 60.6. The normalized spacial score (nSPS) is 11.3. The topological polar surface area (TPSA) is 213 Å². The second-order valence-corrected chi connectivity index (χ2v) is 6.71. The van der Waals surface area contributed by atoms with Crippen molar-refractivity contribution in [3.8, 4) is 0 Å². The summed E-state index contributed by atoms with van der Waals surface area (Å²) in [6.45, 7) is 0.231. The molecule has 168 valence electrons. The number of aromatic amines is 1. The maximum Gasteiger partial charge on any atom is 1.00 e. The van der Waals surface area contributed by atoms with Crippen molar-refractivity contribution in [1.29, 1.82) is 0 Å². The Morgan fingerprint density at radius 3 is 2.48 bits per heavy atom. The molecule has 0 saturated heterocycles. The number of carboxylic acid groups (broad SMARTS) is 2. The molecule has 1 aromatic carbocycles. The SMILES string of the molecule is Nc1nc2ncc(CNc3ccc(C(=O)NC(CCC(=O)O)C(=O)O)cc3)nc2c(=O)[nH]1.[H-].[Na+]. The number of carbonyl (C=O) groups excluding carboxylic acids is 1. The Morgan fingerprint density at radius 1 is 1.15 bits per heavy atom. The molecule has 0 aliphatic heterocycles. The number of carboxylic acids is 2. The summed E-state index contributed by atoms with van der Waals surface area (Å²) in [5, 5.41) is 23.2. The van der Waals surface area contributed by atoms with Gasteiger partial charge in [0.05, 0.1) is 18.4 Å². The van der Waals surface area contributed by atoms with Crippen LogP contribution in [0, 0.1) is 0 Å². The molecule has 2 heterocycles. The van der Waals surface area contributed by atoms with Crippen molar-refractivity contribution in [3.05, 3.63) is 52.1 Å². The zero-order valence-electron chi connectivity index (χ0n) is 18.5. The van der Waals surface area contributed by atoms with E-state index in [4.69, 9.17) is 15.9 Å². The van der Waals surface area contributed by atoms with Crippen LogP contribution in [0.15, 0.2) is 35.3 Å². The quantitative estimate of drug-likeness (QED) is 0.176. The molecule has 0 saturated carbocycles. The van der Waals surface area contributed by atoms with E-state index >= 15 is 0 Å². The first-order valence-corrected chi connectivity index (χ1v) is 9.33. The molecule has 2 aromatic heterocycles. The fourth-order valence-corrected chi connectivity index (χ4v) is 2.75. The van der Waals surface area contributed by atoms with Crippen molar-refractivity contribution in [2.75, 3.05) is 11.1 Å². The first-order valence-electron chi connectivity index (χ1n) is 9.33. The number of aromatic nitrogens is 4. The molecule has 33 heavy (non-hydrogen) atoms. The molecular formula is C19H20N7NaO6. The van der Waals surface area contributed by atoms with Crippen LogP contribution >= 0.6 is 0 Å². The molecule has 0 spiro atoms. The maximum absolute atomic E-state index is 12.3. The van der Waals surface area contributed by atoms with E-state index in [-0.39, 0.29) is 73.0 Å². The number of nitrogens with two attached hydrogens (primary N) is 1. The summed E-state index contributed by atoms with van der Waals surface area (Å²) in [5.41, 5.74) is 6.47. The van der Waals surface area contributed by atoms with E-state index in [1.165, 1.54) is 18.3 Å². The Kier molecular flexibility index (Phi) is 8.85. The summed E-state index contributed by atoms with van der Waals surface area (Å²) in [6.07, 6.45) is 0.840. The number of nitrogens with zero attached hydrogens (tertiary/aromatic N) is 3. The summed E-state index contributed by atoms with van der Waals surface area (Å²) in [7, 11) is 0. The molecule has 0 aliphatic carbocycles.